The van der Waals surface area contributed by atoms with E-state index in [1.54, 1.807) is 0 Å². The van der Waals surface area contributed by atoms with Crippen molar-refractivity contribution in [1.82, 2.24) is 0 Å². The molecule has 1 aliphatic carbocycles. The fraction of sp³-hybridized carbons (Fsp3) is 0.286. The Kier molecular flexibility index (Phi) is 0.810. The lowest BCUT2D eigenvalue weighted by molar-refractivity contribution is 1.03. The van der Waals surface area contributed by atoms with Crippen LogP contribution < -0.4 is 0 Å². The lowest BCUT2D eigenvalue weighted by Gasteiger charge is -2.19. The van der Waals surface area contributed by atoms with Gasteiger partial charge in [0.1, 0.15) is 0 Å². The maximum Gasteiger partial charge on any atom is -0.00502 e. The summed E-state index contributed by atoms with van der Waals surface area (Å²) in [6.45, 7) is 11.2. The molecule has 0 saturated heterocycles. The molecule has 1 aliphatic rings. The largest absolute Gasteiger partial charge is 0.0952 e. The highest BCUT2D eigenvalue weighted by Crippen LogP contribution is 2.30. The molecule has 1 rings (SSSR count). The topological polar surface area (TPSA) is 0 Å². The van der Waals surface area contributed by atoms with Crippen LogP contribution in [0.1, 0.15) is 13.3 Å². The quantitative estimate of drug-likeness (QED) is 0.428. The predicted octanol–water partition coefficient (Wildman–Crippen LogP) is 1.97. The van der Waals surface area contributed by atoms with Gasteiger partial charge < -0.3 is 0 Å². The molecule has 0 nitrogen and oxygen atoms in total. The van der Waals surface area contributed by atoms with Gasteiger partial charge in [-0.25, -0.2) is 0 Å². The number of rotatable bonds is 0. The summed E-state index contributed by atoms with van der Waals surface area (Å²) in [6.07, 6.45) is 0.922. The Bertz CT molecular complexity index is 138. The summed E-state index contributed by atoms with van der Waals surface area (Å²) < 4.78 is 0. The maximum atomic E-state index is 5.43. The Morgan fingerprint density at radius 3 is 2.29 bits per heavy atom. The second-order valence-corrected chi connectivity index (χ2v) is 1.93. The van der Waals surface area contributed by atoms with Crippen LogP contribution in [0.5, 0.6) is 0 Å². The molecule has 0 heteroatoms. The van der Waals surface area contributed by atoms with Gasteiger partial charge in [0.05, 0.1) is 0 Å². The third-order valence-corrected chi connectivity index (χ3v) is 1.42. The van der Waals surface area contributed by atoms with Gasteiger partial charge in [0, 0.05) is 0 Å². The molecule has 0 saturated carbocycles. The van der Waals surface area contributed by atoms with Crippen LogP contribution in [-0.4, -0.2) is 0 Å². The van der Waals surface area contributed by atoms with Gasteiger partial charge in [-0.1, -0.05) is 12.2 Å². The zero-order valence-electron chi connectivity index (χ0n) is 4.49. The van der Waals surface area contributed by atoms with E-state index in [0.717, 1.165) is 12.0 Å². The van der Waals surface area contributed by atoms with Crippen LogP contribution in [0, 0.1) is 6.92 Å². The van der Waals surface area contributed by atoms with Crippen molar-refractivity contribution in [3.63, 3.8) is 0 Å². The van der Waals surface area contributed by atoms with E-state index in [9.17, 15) is 0 Å². The lowest BCUT2D eigenvalue weighted by Crippen LogP contribution is -2.00. The highest BCUT2D eigenvalue weighted by molar-refractivity contribution is 5.46. The predicted molar refractivity (Wildman–Crippen MR) is 30.8 cm³/mol. The third-order valence-electron chi connectivity index (χ3n) is 1.42. The zero-order valence-corrected chi connectivity index (χ0v) is 4.49. The molecule has 0 spiro atoms. The van der Waals surface area contributed by atoms with Crippen molar-refractivity contribution < 1.29 is 0 Å². The molecule has 0 heterocycles. The van der Waals surface area contributed by atoms with Crippen LogP contribution in [0.4, 0.5) is 0 Å². The number of allylic oxidation sites excluding steroid dienone is 3. The minimum absolute atomic E-state index is 0.922. The molecule has 0 aliphatic heterocycles. The number of hydrogen-bond donors (Lipinski definition) is 0. The molecular formula is C7H8. The van der Waals surface area contributed by atoms with Gasteiger partial charge in [-0.2, -0.15) is 0 Å². The summed E-state index contributed by atoms with van der Waals surface area (Å²) in [7, 11) is 0. The van der Waals surface area contributed by atoms with Crippen molar-refractivity contribution in [2.75, 3.05) is 0 Å². The summed E-state index contributed by atoms with van der Waals surface area (Å²) in [4.78, 5) is 0. The fourth-order valence-corrected chi connectivity index (χ4v) is 0.615. The van der Waals surface area contributed by atoms with Crippen molar-refractivity contribution in [1.29, 1.82) is 0 Å². The van der Waals surface area contributed by atoms with E-state index >= 15 is 0 Å². The van der Waals surface area contributed by atoms with Crippen LogP contribution in [-0.2, 0) is 0 Å². The van der Waals surface area contributed by atoms with E-state index in [4.69, 9.17) is 6.92 Å². The molecule has 0 bridgehead atoms. The minimum Gasteiger partial charge on any atom is -0.0952 e. The van der Waals surface area contributed by atoms with Crippen molar-refractivity contribution >= 4 is 0 Å². The van der Waals surface area contributed by atoms with Crippen molar-refractivity contribution in [3.05, 3.63) is 30.2 Å². The van der Waals surface area contributed by atoms with Crippen molar-refractivity contribution in [3.8, 4) is 0 Å². The second kappa shape index (κ2) is 1.22. The van der Waals surface area contributed by atoms with Crippen LogP contribution in [0.2, 0.25) is 0 Å². The van der Waals surface area contributed by atoms with E-state index in [1.807, 2.05) is 6.92 Å². The SMILES string of the molecule is [CH]C1=C(C)C(=C)C1. The van der Waals surface area contributed by atoms with Gasteiger partial charge >= 0.3 is 0 Å². The fourth-order valence-electron chi connectivity index (χ4n) is 0.615. The molecule has 0 amide bonds. The summed E-state index contributed by atoms with van der Waals surface area (Å²) in [6, 6.07) is 0. The Morgan fingerprint density at radius 2 is 2.29 bits per heavy atom. The van der Waals surface area contributed by atoms with Crippen LogP contribution in [0.15, 0.2) is 23.3 Å². The van der Waals surface area contributed by atoms with Gasteiger partial charge in [0.2, 0.25) is 0 Å². The first kappa shape index (κ1) is 4.63. The molecule has 0 aromatic carbocycles. The Morgan fingerprint density at radius 1 is 1.71 bits per heavy atom. The van der Waals surface area contributed by atoms with Gasteiger partial charge in [-0.05, 0) is 31.4 Å². The highest BCUT2D eigenvalue weighted by atomic mass is 14.2. The van der Waals surface area contributed by atoms with Gasteiger partial charge in [0.25, 0.3) is 0 Å². The molecule has 0 fully saturated rings. The molecule has 36 valence electrons. The standard InChI is InChI=1S/C7H8/c1-5-4-6(2)7(5)3/h1H,2,4H2,3H3. The Labute approximate surface area is 44.5 Å². The third kappa shape index (κ3) is 0.504. The molecule has 2 radical (unpaired) electrons. The van der Waals surface area contributed by atoms with Gasteiger partial charge in [-0.15, -0.1) is 0 Å². The summed E-state index contributed by atoms with van der Waals surface area (Å²) in [5, 5.41) is 0. The van der Waals surface area contributed by atoms with Crippen LogP contribution in [0.3, 0.4) is 0 Å². The first-order valence-corrected chi connectivity index (χ1v) is 2.35. The molecule has 7 heavy (non-hydrogen) atoms. The number of hydrogen-bond acceptors (Lipinski definition) is 0. The molecular weight excluding hydrogens is 84.1 g/mol. The van der Waals surface area contributed by atoms with Crippen LogP contribution >= 0.6 is 0 Å². The van der Waals surface area contributed by atoms with E-state index in [2.05, 4.69) is 6.58 Å². The maximum absolute atomic E-state index is 5.43. The van der Waals surface area contributed by atoms with E-state index in [-0.39, 0.29) is 0 Å². The lowest BCUT2D eigenvalue weighted by atomic mass is 9.86. The average Bonchev–Trinajstić information content (AvgIpc) is 1.68. The molecule has 0 aromatic rings. The van der Waals surface area contributed by atoms with Crippen molar-refractivity contribution in [2.45, 2.75) is 13.3 Å². The van der Waals surface area contributed by atoms with Crippen LogP contribution in [0.25, 0.3) is 0 Å². The first-order valence-electron chi connectivity index (χ1n) is 2.35. The van der Waals surface area contributed by atoms with Crippen molar-refractivity contribution in [2.24, 2.45) is 0 Å². The smallest absolute Gasteiger partial charge is 0.00502 e. The normalized spacial score (nSPS) is 20.0. The zero-order chi connectivity index (χ0) is 5.44. The summed E-state index contributed by atoms with van der Waals surface area (Å²) >= 11 is 0. The molecule has 0 atom stereocenters. The second-order valence-electron chi connectivity index (χ2n) is 1.93. The summed E-state index contributed by atoms with van der Waals surface area (Å²) in [5.74, 6) is 0. The Hall–Kier alpha value is -0.520. The highest BCUT2D eigenvalue weighted by Gasteiger charge is 2.11. The first-order chi connectivity index (χ1) is 3.22. The minimum atomic E-state index is 0.922. The van der Waals surface area contributed by atoms with E-state index in [1.165, 1.54) is 11.1 Å². The average molecular weight is 92.1 g/mol. The monoisotopic (exact) mass is 92.1 g/mol. The van der Waals surface area contributed by atoms with E-state index in [0.29, 0.717) is 0 Å². The van der Waals surface area contributed by atoms with E-state index < -0.39 is 0 Å². The molecule has 0 aromatic heterocycles. The Balaban J connectivity index is 2.85. The molecule has 0 unspecified atom stereocenters. The van der Waals surface area contributed by atoms with Gasteiger partial charge in [0.15, 0.2) is 0 Å². The molecule has 0 N–H and O–H groups in total. The van der Waals surface area contributed by atoms with Gasteiger partial charge in [-0.3, -0.25) is 0 Å². The summed E-state index contributed by atoms with van der Waals surface area (Å²) in [5.41, 5.74) is 3.39.